The Morgan fingerprint density at radius 2 is 1.86 bits per heavy atom. The predicted molar refractivity (Wildman–Crippen MR) is 70.0 cm³/mol. The van der Waals surface area contributed by atoms with Gasteiger partial charge in [0.1, 0.15) is 0 Å². The van der Waals surface area contributed by atoms with Crippen LogP contribution in [0.25, 0.3) is 0 Å². The van der Waals surface area contributed by atoms with Gasteiger partial charge >= 0.3 is 18.0 Å². The van der Waals surface area contributed by atoms with Crippen molar-refractivity contribution in [2.75, 3.05) is 6.54 Å². The largest absolute Gasteiger partial charge is 0.457 e. The van der Waals surface area contributed by atoms with E-state index in [1.807, 2.05) is 0 Å². The Morgan fingerprint density at radius 3 is 2.45 bits per heavy atom. The normalized spacial score (nSPS) is 31.7. The van der Waals surface area contributed by atoms with Crippen LogP contribution < -0.4 is 5.32 Å². The van der Waals surface area contributed by atoms with E-state index in [2.05, 4.69) is 5.32 Å². The third kappa shape index (κ3) is 3.53. The molecule has 22 heavy (non-hydrogen) atoms. The average molecular weight is 314 g/mol. The van der Waals surface area contributed by atoms with Crippen LogP contribution >= 0.6 is 0 Å². The molecule has 0 aliphatic carbocycles. The molecule has 2 rings (SSSR count). The second-order valence-corrected chi connectivity index (χ2v) is 5.30. The Balaban J connectivity index is 2.14. The summed E-state index contributed by atoms with van der Waals surface area (Å²) in [6.07, 6.45) is -2.47. The molecule has 0 spiro atoms. The van der Waals surface area contributed by atoms with E-state index in [4.69, 9.17) is 14.2 Å². The summed E-state index contributed by atoms with van der Waals surface area (Å²) in [7, 11) is 0. The zero-order valence-electron chi connectivity index (χ0n) is 12.5. The lowest BCUT2D eigenvalue weighted by Gasteiger charge is -2.35. The van der Waals surface area contributed by atoms with E-state index >= 15 is 0 Å². The number of hydrogen-bond donors (Lipinski definition) is 1. The van der Waals surface area contributed by atoms with Crippen LogP contribution in [0.15, 0.2) is 0 Å². The fraction of sp³-hybridized carbons (Fsp3) is 0.692. The van der Waals surface area contributed by atoms with Crippen molar-refractivity contribution in [2.45, 2.75) is 45.8 Å². The Hall–Kier alpha value is -2.16. The van der Waals surface area contributed by atoms with Crippen LogP contribution in [0.5, 0.6) is 0 Å². The van der Waals surface area contributed by atoms with Crippen LogP contribution in [-0.2, 0) is 28.6 Å². The highest BCUT2D eigenvalue weighted by Crippen LogP contribution is 2.28. The van der Waals surface area contributed by atoms with Crippen molar-refractivity contribution in [1.82, 2.24) is 10.2 Å². The molecule has 4 unspecified atom stereocenters. The molecule has 2 fully saturated rings. The summed E-state index contributed by atoms with van der Waals surface area (Å²) in [6, 6.07) is -0.631. The number of carbonyl (C=O) groups is 4. The lowest BCUT2D eigenvalue weighted by atomic mass is 10.1. The van der Waals surface area contributed by atoms with E-state index in [-0.39, 0.29) is 18.9 Å². The minimum atomic E-state index is -0.913. The summed E-state index contributed by atoms with van der Waals surface area (Å²) >= 11 is 0. The average Bonchev–Trinajstić information content (AvgIpc) is 2.74. The van der Waals surface area contributed by atoms with Crippen molar-refractivity contribution < 1.29 is 33.4 Å². The highest BCUT2D eigenvalue weighted by atomic mass is 16.7. The SMILES string of the molecule is CC(=O)OC1CC(OC(C)=O)C(N2CC(C)C(=O)NC2=O)O1. The van der Waals surface area contributed by atoms with Gasteiger partial charge in [-0.25, -0.2) is 4.79 Å². The van der Waals surface area contributed by atoms with Gasteiger partial charge < -0.3 is 14.2 Å². The van der Waals surface area contributed by atoms with E-state index in [0.29, 0.717) is 0 Å². The van der Waals surface area contributed by atoms with Gasteiger partial charge in [-0.05, 0) is 0 Å². The molecule has 1 N–H and O–H groups in total. The molecule has 0 radical (unpaired) electrons. The van der Waals surface area contributed by atoms with Crippen molar-refractivity contribution in [3.05, 3.63) is 0 Å². The number of nitrogens with zero attached hydrogens (tertiary/aromatic N) is 1. The van der Waals surface area contributed by atoms with Crippen molar-refractivity contribution in [3.8, 4) is 0 Å². The van der Waals surface area contributed by atoms with Gasteiger partial charge in [-0.1, -0.05) is 6.92 Å². The van der Waals surface area contributed by atoms with Crippen LogP contribution in [0.4, 0.5) is 4.79 Å². The number of hydrogen-bond acceptors (Lipinski definition) is 7. The van der Waals surface area contributed by atoms with Crippen molar-refractivity contribution in [2.24, 2.45) is 5.92 Å². The van der Waals surface area contributed by atoms with Gasteiger partial charge in [-0.2, -0.15) is 0 Å². The number of urea groups is 1. The van der Waals surface area contributed by atoms with Gasteiger partial charge in [0.15, 0.2) is 12.3 Å². The van der Waals surface area contributed by atoms with Crippen molar-refractivity contribution in [1.29, 1.82) is 0 Å². The maximum absolute atomic E-state index is 12.0. The number of carbonyl (C=O) groups excluding carboxylic acids is 4. The predicted octanol–water partition coefficient (Wildman–Crippen LogP) is -0.258. The zero-order valence-corrected chi connectivity index (χ0v) is 12.5. The molecule has 0 aromatic carbocycles. The third-order valence-electron chi connectivity index (χ3n) is 3.37. The second-order valence-electron chi connectivity index (χ2n) is 5.30. The first kappa shape index (κ1) is 16.2. The topological polar surface area (TPSA) is 111 Å². The van der Waals surface area contributed by atoms with E-state index in [1.165, 1.54) is 18.7 Å². The van der Waals surface area contributed by atoms with Crippen molar-refractivity contribution >= 4 is 23.9 Å². The van der Waals surface area contributed by atoms with E-state index in [9.17, 15) is 19.2 Å². The molecule has 9 heteroatoms. The Kier molecular flexibility index (Phi) is 4.65. The molecule has 0 aromatic heterocycles. The first-order valence-electron chi connectivity index (χ1n) is 6.89. The number of imide groups is 1. The monoisotopic (exact) mass is 314 g/mol. The highest BCUT2D eigenvalue weighted by Gasteiger charge is 2.46. The Labute approximate surface area is 126 Å². The first-order valence-corrected chi connectivity index (χ1v) is 6.89. The smallest absolute Gasteiger partial charge is 0.326 e. The maximum Gasteiger partial charge on any atom is 0.326 e. The zero-order chi connectivity index (χ0) is 16.4. The molecule has 0 saturated carbocycles. The maximum atomic E-state index is 12.0. The summed E-state index contributed by atoms with van der Waals surface area (Å²) in [5, 5.41) is 2.21. The minimum Gasteiger partial charge on any atom is -0.457 e. The molecule has 0 aromatic rings. The molecular weight excluding hydrogens is 296 g/mol. The van der Waals surface area contributed by atoms with E-state index in [1.54, 1.807) is 6.92 Å². The van der Waals surface area contributed by atoms with Gasteiger partial charge in [-0.3, -0.25) is 24.6 Å². The molecule has 9 nitrogen and oxygen atoms in total. The first-order chi connectivity index (χ1) is 10.3. The molecule has 2 heterocycles. The summed E-state index contributed by atoms with van der Waals surface area (Å²) in [5.41, 5.74) is 0. The fourth-order valence-corrected chi connectivity index (χ4v) is 2.44. The molecule has 2 aliphatic heterocycles. The number of ether oxygens (including phenoxy) is 3. The Morgan fingerprint density at radius 1 is 1.23 bits per heavy atom. The highest BCUT2D eigenvalue weighted by molar-refractivity contribution is 5.97. The van der Waals surface area contributed by atoms with Crippen LogP contribution in [0.1, 0.15) is 27.2 Å². The second kappa shape index (κ2) is 6.30. The summed E-state index contributed by atoms with van der Waals surface area (Å²) in [6.45, 7) is 4.25. The molecule has 3 amide bonds. The summed E-state index contributed by atoms with van der Waals surface area (Å²) in [4.78, 5) is 46.9. The quantitative estimate of drug-likeness (QED) is 0.714. The van der Waals surface area contributed by atoms with E-state index in [0.717, 1.165) is 0 Å². The Bertz CT molecular complexity index is 507. The summed E-state index contributed by atoms with van der Waals surface area (Å²) < 4.78 is 15.6. The standard InChI is InChI=1S/C13H18N2O7/c1-6-5-15(13(19)14-11(6)18)12-9(20-7(2)16)4-10(22-12)21-8(3)17/h6,9-10,12H,4-5H2,1-3H3,(H,14,18,19). The molecule has 2 saturated heterocycles. The molecule has 122 valence electrons. The van der Waals surface area contributed by atoms with Crippen LogP contribution in [0.2, 0.25) is 0 Å². The van der Waals surface area contributed by atoms with E-state index < -0.39 is 42.5 Å². The number of amides is 3. The van der Waals surface area contributed by atoms with Crippen LogP contribution in [-0.4, -0.2) is 53.9 Å². The van der Waals surface area contributed by atoms with Gasteiger partial charge in [-0.15, -0.1) is 0 Å². The fourth-order valence-electron chi connectivity index (χ4n) is 2.44. The molecular formula is C13H18N2O7. The van der Waals surface area contributed by atoms with Crippen LogP contribution in [0, 0.1) is 5.92 Å². The van der Waals surface area contributed by atoms with Crippen molar-refractivity contribution in [3.63, 3.8) is 0 Å². The lowest BCUT2D eigenvalue weighted by Crippen LogP contribution is -2.59. The third-order valence-corrected chi connectivity index (χ3v) is 3.37. The summed E-state index contributed by atoms with van der Waals surface area (Å²) in [5.74, 6) is -1.88. The minimum absolute atomic E-state index is 0.121. The van der Waals surface area contributed by atoms with Gasteiger partial charge in [0.25, 0.3) is 0 Å². The molecule has 0 bridgehead atoms. The number of nitrogens with one attached hydrogen (secondary N) is 1. The number of esters is 2. The van der Waals surface area contributed by atoms with Gasteiger partial charge in [0.05, 0.1) is 12.3 Å². The van der Waals surface area contributed by atoms with Crippen LogP contribution in [0.3, 0.4) is 0 Å². The van der Waals surface area contributed by atoms with Gasteiger partial charge in [0.2, 0.25) is 12.2 Å². The number of rotatable bonds is 3. The lowest BCUT2D eigenvalue weighted by molar-refractivity contribution is -0.186. The molecule has 4 atom stereocenters. The van der Waals surface area contributed by atoms with Gasteiger partial charge in [0, 0.05) is 20.4 Å². The molecule has 2 aliphatic rings.